The maximum Gasteiger partial charge on any atom is 0.243 e. The number of H-pyrrole nitrogens is 1. The van der Waals surface area contributed by atoms with E-state index in [0.717, 1.165) is 10.9 Å². The van der Waals surface area contributed by atoms with Gasteiger partial charge in [-0.2, -0.15) is 5.26 Å². The molecule has 0 bridgehead atoms. The topological polar surface area (TPSA) is 470 Å². The van der Waals surface area contributed by atoms with Crippen molar-refractivity contribution in [1.82, 2.24) is 47.5 Å². The number of amides is 9. The average molecular weight is 1060 g/mol. The highest BCUT2D eigenvalue weighted by atomic mass is 16.2. The van der Waals surface area contributed by atoms with Crippen LogP contribution in [0.25, 0.3) is 10.9 Å². The number of aromatic amines is 1. The van der Waals surface area contributed by atoms with Gasteiger partial charge in [-0.25, -0.2) is 0 Å². The Bertz CT molecular complexity index is 2620. The lowest BCUT2D eigenvalue weighted by Crippen LogP contribution is -2.60. The third-order valence-electron chi connectivity index (χ3n) is 12.1. The van der Waals surface area contributed by atoms with Gasteiger partial charge in [-0.1, -0.05) is 30.3 Å². The predicted molar refractivity (Wildman–Crippen MR) is 280 cm³/mol. The van der Waals surface area contributed by atoms with Crippen LogP contribution >= 0.6 is 0 Å². The highest BCUT2D eigenvalue weighted by molar-refractivity contribution is 5.98. The summed E-state index contributed by atoms with van der Waals surface area (Å²) in [4.78, 5) is 135. The van der Waals surface area contributed by atoms with E-state index in [0.29, 0.717) is 16.7 Å². The van der Waals surface area contributed by atoms with Crippen molar-refractivity contribution in [3.05, 3.63) is 71.4 Å². The highest BCUT2D eigenvalue weighted by Crippen LogP contribution is 2.20. The SMILES string of the molecule is CC(=O)N[C@@H](CCCN=C(N)N)C(=O)N[C@H]1CCCNC(=O)CC[C@@H](C(N)=O)NC(=O)[C@H](Cc2c[nH]c3ccccc23)NC(=O)[C@H](CCCN=C(N)N)NC(=O)[C@@H](Cc2ccc(C#N)cc2)NC(=O)[C@H](CCN)NC1=O. The minimum absolute atomic E-state index is 0.0236. The standard InChI is InChI=1S/C49H70N18O9/c1-27(68)61-34(9-5-21-58-48(53)54)42(71)63-35-10-4-20-57-40(69)17-16-33(41(52)70)62-47(76)39(24-30-26-60-32-8-3-2-7-31(30)32)67-44(73)36(11-6-22-59-49(55)56)64-46(75)38(23-28-12-14-29(25-51)15-13-28)66-45(74)37(18-19-50)65-43(35)72/h2-3,7-8,12-15,26,33-39,60H,4-6,9-11,16-24,50H2,1H3,(H2,52,70)(H,57,69)(H,61,68)(H,62,76)(H,63,71)(H,64,75)(H,65,72)(H,66,74)(H,67,73)(H4,53,54,58)(H4,55,56,59)/t33-,34-,35-,36-,37-,38+,39-/m0/s1. The minimum atomic E-state index is -1.47. The summed E-state index contributed by atoms with van der Waals surface area (Å²) < 4.78 is 0. The van der Waals surface area contributed by atoms with E-state index in [1.54, 1.807) is 24.4 Å². The van der Waals surface area contributed by atoms with Gasteiger partial charge in [-0.3, -0.25) is 53.1 Å². The van der Waals surface area contributed by atoms with Crippen molar-refractivity contribution in [1.29, 1.82) is 5.26 Å². The number of benzene rings is 2. The predicted octanol–water partition coefficient (Wildman–Crippen LogP) is -4.13. The number of carbonyl (C=O) groups is 9. The summed E-state index contributed by atoms with van der Waals surface area (Å²) in [5, 5.41) is 31.4. The van der Waals surface area contributed by atoms with E-state index in [-0.39, 0.29) is 109 Å². The number of rotatable bonds is 18. The largest absolute Gasteiger partial charge is 0.370 e. The maximum absolute atomic E-state index is 14.6. The summed E-state index contributed by atoms with van der Waals surface area (Å²) in [6.07, 6.45) is 0.877. The third kappa shape index (κ3) is 19.9. The second-order valence-electron chi connectivity index (χ2n) is 18.1. The lowest BCUT2D eigenvalue weighted by Gasteiger charge is -2.28. The molecule has 2 aromatic carbocycles. The number of nitrogens with two attached hydrogens (primary N) is 6. The first-order valence-corrected chi connectivity index (χ1v) is 24.8. The normalized spacial score (nSPS) is 20.9. The van der Waals surface area contributed by atoms with E-state index in [9.17, 15) is 48.4 Å². The molecule has 2 heterocycles. The smallest absolute Gasteiger partial charge is 0.243 e. The molecule has 1 aromatic heterocycles. The molecule has 76 heavy (non-hydrogen) atoms. The lowest BCUT2D eigenvalue weighted by atomic mass is 10.0. The van der Waals surface area contributed by atoms with Gasteiger partial charge >= 0.3 is 0 Å². The van der Waals surface area contributed by atoms with E-state index in [1.807, 2.05) is 24.3 Å². The quantitative estimate of drug-likeness (QED) is 0.0327. The second-order valence-corrected chi connectivity index (χ2v) is 18.1. The first-order chi connectivity index (χ1) is 36.3. The van der Waals surface area contributed by atoms with Gasteiger partial charge in [0, 0.05) is 62.9 Å². The first kappa shape index (κ1) is 59.8. The second kappa shape index (κ2) is 30.4. The summed E-state index contributed by atoms with van der Waals surface area (Å²) in [7, 11) is 0. The number of hydrogen-bond donors (Lipinski definition) is 15. The zero-order valence-corrected chi connectivity index (χ0v) is 42.3. The molecule has 0 unspecified atom stereocenters. The van der Waals surface area contributed by atoms with Gasteiger partial charge in [0.2, 0.25) is 53.2 Å². The Balaban J connectivity index is 1.78. The minimum Gasteiger partial charge on any atom is -0.370 e. The Morgan fingerprint density at radius 2 is 1.33 bits per heavy atom. The number of primary amides is 1. The Labute approximate surface area is 438 Å². The summed E-state index contributed by atoms with van der Waals surface area (Å²) in [6.45, 7) is 1.16. The molecule has 3 aromatic rings. The molecule has 0 aliphatic carbocycles. The molecule has 4 rings (SSSR count). The van der Waals surface area contributed by atoms with Crippen molar-refractivity contribution in [2.45, 2.75) is 120 Å². The Morgan fingerprint density at radius 3 is 1.96 bits per heavy atom. The Kier molecular flexibility index (Phi) is 23.9. The summed E-state index contributed by atoms with van der Waals surface area (Å²) in [6, 6.07) is 5.75. The molecule has 27 nitrogen and oxygen atoms in total. The number of fused-ring (bicyclic) bond motifs is 1. The van der Waals surface area contributed by atoms with Gasteiger partial charge in [0.25, 0.3) is 0 Å². The number of para-hydroxylation sites is 1. The van der Waals surface area contributed by atoms with E-state index >= 15 is 0 Å². The van der Waals surface area contributed by atoms with Crippen molar-refractivity contribution in [2.75, 3.05) is 26.2 Å². The fourth-order valence-corrected chi connectivity index (χ4v) is 8.20. The van der Waals surface area contributed by atoms with Crippen LogP contribution in [0.3, 0.4) is 0 Å². The van der Waals surface area contributed by atoms with Gasteiger partial charge in [0.05, 0.1) is 11.6 Å². The highest BCUT2D eigenvalue weighted by Gasteiger charge is 2.34. The van der Waals surface area contributed by atoms with Gasteiger partial charge in [-0.05, 0) is 87.2 Å². The molecular formula is C49H70N18O9. The first-order valence-electron chi connectivity index (χ1n) is 24.8. The lowest BCUT2D eigenvalue weighted by molar-refractivity contribution is -0.135. The Morgan fingerprint density at radius 1 is 0.737 bits per heavy atom. The van der Waals surface area contributed by atoms with Crippen LogP contribution in [0.1, 0.15) is 81.4 Å². The van der Waals surface area contributed by atoms with Gasteiger partial charge in [0.15, 0.2) is 11.9 Å². The third-order valence-corrected chi connectivity index (χ3v) is 12.1. The molecular weight excluding hydrogens is 985 g/mol. The van der Waals surface area contributed by atoms with Crippen LogP contribution in [0.4, 0.5) is 0 Å². The fraction of sp³-hybridized carbons (Fsp3) is 0.469. The molecule has 1 fully saturated rings. The molecule has 410 valence electrons. The number of aromatic nitrogens is 1. The van der Waals surface area contributed by atoms with Crippen LogP contribution in [0.5, 0.6) is 0 Å². The fourth-order valence-electron chi connectivity index (χ4n) is 8.20. The molecule has 21 N–H and O–H groups in total. The number of nitriles is 1. The monoisotopic (exact) mass is 1050 g/mol. The van der Waals surface area contributed by atoms with Gasteiger partial charge in [0.1, 0.15) is 42.3 Å². The zero-order chi connectivity index (χ0) is 55.7. The van der Waals surface area contributed by atoms with Crippen molar-refractivity contribution in [2.24, 2.45) is 44.4 Å². The summed E-state index contributed by atoms with van der Waals surface area (Å²) >= 11 is 0. The van der Waals surface area contributed by atoms with Crippen LogP contribution in [0.15, 0.2) is 64.7 Å². The molecule has 1 aliphatic heterocycles. The zero-order valence-electron chi connectivity index (χ0n) is 42.3. The number of carbonyl (C=O) groups excluding carboxylic acids is 9. The summed E-state index contributed by atoms with van der Waals surface area (Å²) in [5.74, 6) is -7.58. The molecule has 0 radical (unpaired) electrons. The van der Waals surface area contributed by atoms with Crippen molar-refractivity contribution in [3.8, 4) is 6.07 Å². The van der Waals surface area contributed by atoms with Crippen LogP contribution in [-0.4, -0.2) is 139 Å². The van der Waals surface area contributed by atoms with Crippen LogP contribution < -0.4 is 76.9 Å². The van der Waals surface area contributed by atoms with E-state index in [2.05, 4.69) is 57.5 Å². The van der Waals surface area contributed by atoms with Gasteiger partial charge in [-0.15, -0.1) is 0 Å². The molecule has 1 aliphatic rings. The van der Waals surface area contributed by atoms with E-state index < -0.39 is 95.5 Å². The van der Waals surface area contributed by atoms with Crippen molar-refractivity contribution in [3.63, 3.8) is 0 Å². The maximum atomic E-state index is 14.6. The van der Waals surface area contributed by atoms with Crippen molar-refractivity contribution >= 4 is 76.0 Å². The average Bonchev–Trinajstić information content (AvgIpc) is 3.79. The number of aliphatic imine (C=N–C) groups is 2. The molecule has 0 spiro atoms. The molecule has 27 heteroatoms. The number of hydrogen-bond acceptors (Lipinski definition) is 13. The van der Waals surface area contributed by atoms with E-state index in [1.165, 1.54) is 19.1 Å². The van der Waals surface area contributed by atoms with Crippen LogP contribution in [0.2, 0.25) is 0 Å². The number of nitrogens with zero attached hydrogens (tertiary/aromatic N) is 3. The molecule has 0 saturated carbocycles. The van der Waals surface area contributed by atoms with Crippen LogP contribution in [-0.2, 0) is 56.0 Å². The molecule has 9 amide bonds. The molecule has 1 saturated heterocycles. The number of nitrogens with one attached hydrogen (secondary N) is 9. The van der Waals surface area contributed by atoms with E-state index in [4.69, 9.17) is 34.4 Å². The number of guanidine groups is 2. The molecule has 7 atom stereocenters. The summed E-state index contributed by atoms with van der Waals surface area (Å²) in [5.41, 5.74) is 35.8. The Hall–Kier alpha value is -8.80. The van der Waals surface area contributed by atoms with Gasteiger partial charge < -0.3 is 81.9 Å². The van der Waals surface area contributed by atoms with Crippen molar-refractivity contribution < 1.29 is 43.2 Å². The van der Waals surface area contributed by atoms with Crippen LogP contribution in [0, 0.1) is 11.3 Å².